The van der Waals surface area contributed by atoms with Gasteiger partial charge in [-0.2, -0.15) is 0 Å². The lowest BCUT2D eigenvalue weighted by atomic mass is 9.86. The predicted octanol–water partition coefficient (Wildman–Crippen LogP) is 3.86. The molecule has 1 saturated heterocycles. The maximum atomic E-state index is 11.4. The summed E-state index contributed by atoms with van der Waals surface area (Å²) in [5, 5.41) is 9.34. The quantitative estimate of drug-likeness (QED) is 0.867. The van der Waals surface area contributed by atoms with Gasteiger partial charge in [0.2, 0.25) is 0 Å². The van der Waals surface area contributed by atoms with Gasteiger partial charge in [-0.1, -0.05) is 51.1 Å². The van der Waals surface area contributed by atoms with E-state index in [1.807, 2.05) is 0 Å². The number of rotatable bonds is 6. The van der Waals surface area contributed by atoms with Crippen molar-refractivity contribution in [2.24, 2.45) is 17.8 Å². The van der Waals surface area contributed by atoms with E-state index in [0.717, 1.165) is 25.9 Å². The normalized spacial score (nSPS) is 24.4. The van der Waals surface area contributed by atoms with E-state index in [2.05, 4.69) is 56.0 Å². The summed E-state index contributed by atoms with van der Waals surface area (Å²) < 4.78 is 0. The lowest BCUT2D eigenvalue weighted by Crippen LogP contribution is -2.44. The molecule has 122 valence electrons. The first kappa shape index (κ1) is 17.0. The van der Waals surface area contributed by atoms with E-state index in [1.165, 1.54) is 5.56 Å². The van der Waals surface area contributed by atoms with Gasteiger partial charge < -0.3 is 10.0 Å². The second-order valence-corrected chi connectivity index (χ2v) is 7.33. The van der Waals surface area contributed by atoms with Crippen molar-refractivity contribution >= 4 is 5.97 Å². The summed E-state index contributed by atoms with van der Waals surface area (Å²) in [5.41, 5.74) is 1.38. The third-order valence-electron chi connectivity index (χ3n) is 4.59. The summed E-state index contributed by atoms with van der Waals surface area (Å²) in [6.45, 7) is 9.37. The number of benzene rings is 1. The van der Waals surface area contributed by atoms with Crippen LogP contribution in [0.1, 0.15) is 45.1 Å². The van der Waals surface area contributed by atoms with Gasteiger partial charge in [-0.25, -0.2) is 0 Å². The van der Waals surface area contributed by atoms with Crippen molar-refractivity contribution in [3.63, 3.8) is 0 Å². The number of carboxylic acids is 1. The van der Waals surface area contributed by atoms with Crippen LogP contribution in [-0.2, 0) is 4.79 Å². The average molecular weight is 303 g/mol. The highest BCUT2D eigenvalue weighted by molar-refractivity contribution is 5.70. The number of aliphatic carboxylic acids is 1. The number of hydrogen-bond acceptors (Lipinski definition) is 2. The number of nitrogens with zero attached hydrogens (tertiary/aromatic N) is 1. The van der Waals surface area contributed by atoms with E-state index >= 15 is 0 Å². The second kappa shape index (κ2) is 7.77. The van der Waals surface area contributed by atoms with Crippen molar-refractivity contribution in [2.75, 3.05) is 19.6 Å². The zero-order valence-corrected chi connectivity index (χ0v) is 14.0. The molecule has 3 unspecified atom stereocenters. The second-order valence-electron chi connectivity index (χ2n) is 7.33. The average Bonchev–Trinajstić information content (AvgIpc) is 2.46. The first-order valence-corrected chi connectivity index (χ1v) is 8.45. The molecule has 0 aliphatic carbocycles. The Bertz CT molecular complexity index is 472. The SMILES string of the molecule is CC(C)CC(CN1CC(C)CC(C(=O)O)C1)c1ccccc1. The highest BCUT2D eigenvalue weighted by Gasteiger charge is 2.30. The summed E-state index contributed by atoms with van der Waals surface area (Å²) in [5.74, 6) is 0.741. The molecule has 0 radical (unpaired) electrons. The lowest BCUT2D eigenvalue weighted by molar-refractivity contribution is -0.144. The molecule has 1 aromatic carbocycles. The summed E-state index contributed by atoms with van der Waals surface area (Å²) in [6.07, 6.45) is 1.96. The molecule has 1 aromatic rings. The Hall–Kier alpha value is -1.35. The van der Waals surface area contributed by atoms with Gasteiger partial charge in [0.05, 0.1) is 5.92 Å². The minimum atomic E-state index is -0.642. The molecule has 0 bridgehead atoms. The van der Waals surface area contributed by atoms with Gasteiger partial charge in [-0.05, 0) is 36.2 Å². The largest absolute Gasteiger partial charge is 0.481 e. The zero-order chi connectivity index (χ0) is 16.1. The van der Waals surface area contributed by atoms with Crippen molar-refractivity contribution in [3.8, 4) is 0 Å². The Morgan fingerprint density at radius 2 is 1.95 bits per heavy atom. The van der Waals surface area contributed by atoms with Crippen molar-refractivity contribution < 1.29 is 9.90 Å². The Balaban J connectivity index is 2.07. The first-order chi connectivity index (χ1) is 10.5. The van der Waals surface area contributed by atoms with E-state index in [0.29, 0.717) is 24.3 Å². The molecule has 0 amide bonds. The van der Waals surface area contributed by atoms with Crippen LogP contribution in [0.25, 0.3) is 0 Å². The Kier molecular flexibility index (Phi) is 6.01. The van der Waals surface area contributed by atoms with Crippen LogP contribution in [0.4, 0.5) is 0 Å². The van der Waals surface area contributed by atoms with Crippen LogP contribution in [0, 0.1) is 17.8 Å². The van der Waals surface area contributed by atoms with Gasteiger partial charge in [0.25, 0.3) is 0 Å². The number of piperidine rings is 1. The van der Waals surface area contributed by atoms with Gasteiger partial charge in [0, 0.05) is 19.6 Å². The number of carboxylic acid groups (broad SMARTS) is 1. The van der Waals surface area contributed by atoms with E-state index in [9.17, 15) is 9.90 Å². The summed E-state index contributed by atoms with van der Waals surface area (Å²) in [7, 11) is 0. The molecule has 3 heteroatoms. The van der Waals surface area contributed by atoms with Crippen molar-refractivity contribution in [1.82, 2.24) is 4.90 Å². The molecule has 0 saturated carbocycles. The van der Waals surface area contributed by atoms with Crippen LogP contribution in [0.5, 0.6) is 0 Å². The molecule has 3 atom stereocenters. The Labute approximate surface area is 134 Å². The molecule has 1 N–H and O–H groups in total. The van der Waals surface area contributed by atoms with Crippen molar-refractivity contribution in [3.05, 3.63) is 35.9 Å². The smallest absolute Gasteiger partial charge is 0.307 e. The first-order valence-electron chi connectivity index (χ1n) is 8.45. The summed E-state index contributed by atoms with van der Waals surface area (Å²) in [4.78, 5) is 13.7. The van der Waals surface area contributed by atoms with Gasteiger partial charge in [0.15, 0.2) is 0 Å². The molecule has 22 heavy (non-hydrogen) atoms. The van der Waals surface area contributed by atoms with Gasteiger partial charge >= 0.3 is 5.97 Å². The molecule has 1 heterocycles. The molecular formula is C19H29NO2. The minimum absolute atomic E-state index is 0.209. The van der Waals surface area contributed by atoms with Crippen LogP contribution < -0.4 is 0 Å². The molecular weight excluding hydrogens is 274 g/mol. The monoisotopic (exact) mass is 303 g/mol. The third-order valence-corrected chi connectivity index (χ3v) is 4.59. The number of likely N-dealkylation sites (tertiary alicyclic amines) is 1. The maximum Gasteiger partial charge on any atom is 0.307 e. The zero-order valence-electron chi connectivity index (χ0n) is 14.0. The van der Waals surface area contributed by atoms with E-state index in [-0.39, 0.29) is 5.92 Å². The highest BCUT2D eigenvalue weighted by atomic mass is 16.4. The summed E-state index contributed by atoms with van der Waals surface area (Å²) in [6, 6.07) is 10.7. The molecule has 2 rings (SSSR count). The van der Waals surface area contributed by atoms with Crippen LogP contribution in [0.2, 0.25) is 0 Å². The molecule has 1 fully saturated rings. The fourth-order valence-corrected chi connectivity index (χ4v) is 3.71. The maximum absolute atomic E-state index is 11.4. The van der Waals surface area contributed by atoms with Gasteiger partial charge in [-0.3, -0.25) is 4.79 Å². The fourth-order valence-electron chi connectivity index (χ4n) is 3.71. The van der Waals surface area contributed by atoms with Gasteiger partial charge in [0.1, 0.15) is 0 Å². The van der Waals surface area contributed by atoms with Crippen LogP contribution in [0.3, 0.4) is 0 Å². The van der Waals surface area contributed by atoms with Crippen LogP contribution >= 0.6 is 0 Å². The minimum Gasteiger partial charge on any atom is -0.481 e. The van der Waals surface area contributed by atoms with Crippen molar-refractivity contribution in [2.45, 2.75) is 39.5 Å². The highest BCUT2D eigenvalue weighted by Crippen LogP contribution is 2.28. The van der Waals surface area contributed by atoms with Crippen LogP contribution in [0.15, 0.2) is 30.3 Å². The van der Waals surface area contributed by atoms with E-state index in [1.54, 1.807) is 0 Å². The van der Waals surface area contributed by atoms with Crippen molar-refractivity contribution in [1.29, 1.82) is 0 Å². The Morgan fingerprint density at radius 1 is 1.27 bits per heavy atom. The lowest BCUT2D eigenvalue weighted by Gasteiger charge is -2.37. The summed E-state index contributed by atoms with van der Waals surface area (Å²) >= 11 is 0. The van der Waals surface area contributed by atoms with E-state index < -0.39 is 5.97 Å². The standard InChI is InChI=1S/C19H29NO2/c1-14(2)9-17(16-7-5-4-6-8-16)12-20-11-15(3)10-18(13-20)19(21)22/h4-8,14-15,17-18H,9-13H2,1-3H3,(H,21,22). The van der Waals surface area contributed by atoms with Crippen LogP contribution in [-0.4, -0.2) is 35.6 Å². The number of hydrogen-bond donors (Lipinski definition) is 1. The topological polar surface area (TPSA) is 40.5 Å². The molecule has 3 nitrogen and oxygen atoms in total. The molecule has 1 aliphatic rings. The third kappa shape index (κ3) is 4.84. The van der Waals surface area contributed by atoms with Gasteiger partial charge in [-0.15, -0.1) is 0 Å². The predicted molar refractivity (Wildman–Crippen MR) is 90.0 cm³/mol. The molecule has 0 spiro atoms. The molecule has 0 aromatic heterocycles. The fraction of sp³-hybridized carbons (Fsp3) is 0.632. The van der Waals surface area contributed by atoms with E-state index in [4.69, 9.17) is 0 Å². The Morgan fingerprint density at radius 3 is 2.55 bits per heavy atom. The number of carbonyl (C=O) groups is 1. The molecule has 1 aliphatic heterocycles.